The average molecular weight is 269 g/mol. The monoisotopic (exact) mass is 268 g/mol. The lowest BCUT2D eigenvalue weighted by Crippen LogP contribution is -2.33. The highest BCUT2D eigenvalue weighted by Gasteiger charge is 2.35. The fourth-order valence-electron chi connectivity index (χ4n) is 3.37. The normalized spacial score (nSPS) is 42.2. The maximum Gasteiger partial charge on any atom is 0.103 e. The number of hydrogen-bond acceptors (Lipinski definition) is 0. The van der Waals surface area contributed by atoms with E-state index in [1.54, 1.807) is 0 Å². The van der Waals surface area contributed by atoms with Gasteiger partial charge in [-0.3, -0.25) is 0 Å². The summed E-state index contributed by atoms with van der Waals surface area (Å²) in [6, 6.07) is 0. The Balaban J connectivity index is 0.00000128. The number of hydrogen-bond donors (Lipinski definition) is 0. The zero-order chi connectivity index (χ0) is 10.8. The van der Waals surface area contributed by atoms with Crippen molar-refractivity contribution >= 4 is 11.6 Å². The molecule has 104 valence electrons. The summed E-state index contributed by atoms with van der Waals surface area (Å²) in [4.78, 5) is 0. The second kappa shape index (κ2) is 7.55. The van der Waals surface area contributed by atoms with Crippen molar-refractivity contribution in [3.63, 3.8) is 0 Å². The maximum absolute atomic E-state index is 13.9. The van der Waals surface area contributed by atoms with Crippen LogP contribution in [0.2, 0.25) is 0 Å². The molecule has 0 bridgehead atoms. The first kappa shape index (κ1) is 17.1. The molecule has 0 aromatic carbocycles. The first-order chi connectivity index (χ1) is 7.16. The third kappa shape index (κ3) is 4.38. The minimum Gasteiger partial charge on any atom is -0.412 e. The van der Waals surface area contributed by atoms with Crippen LogP contribution in [0.15, 0.2) is 0 Å². The van der Waals surface area contributed by atoms with E-state index in [0.29, 0.717) is 23.1 Å². The Morgan fingerprint density at radius 2 is 1.53 bits per heavy atom. The van der Waals surface area contributed by atoms with E-state index < -0.39 is 6.17 Å². The molecule has 2 nitrogen and oxygen atoms in total. The van der Waals surface area contributed by atoms with Gasteiger partial charge in [-0.05, 0) is 56.3 Å². The first-order valence-electron chi connectivity index (χ1n) is 6.45. The third-order valence-corrected chi connectivity index (χ3v) is 4.83. The molecule has 0 spiro atoms. The third-order valence-electron chi connectivity index (χ3n) is 4.39. The quantitative estimate of drug-likeness (QED) is 0.657. The predicted octanol–water partition coefficient (Wildman–Crippen LogP) is 2.91. The number of rotatable bonds is 1. The fraction of sp³-hybridized carbons (Fsp3) is 1.00. The Morgan fingerprint density at radius 3 is 2.06 bits per heavy atom. The van der Waals surface area contributed by atoms with E-state index >= 15 is 0 Å². The molecule has 3 atom stereocenters. The molecule has 0 aliphatic heterocycles. The minimum absolute atomic E-state index is 0. The van der Waals surface area contributed by atoms with Crippen LogP contribution < -0.4 is 0 Å². The number of halogens is 2. The Kier molecular flexibility index (Phi) is 7.61. The molecule has 0 saturated heterocycles. The van der Waals surface area contributed by atoms with Crippen molar-refractivity contribution < 1.29 is 15.3 Å². The Morgan fingerprint density at radius 1 is 0.941 bits per heavy atom. The van der Waals surface area contributed by atoms with Crippen molar-refractivity contribution in [3.05, 3.63) is 0 Å². The molecule has 2 aliphatic rings. The zero-order valence-electron chi connectivity index (χ0n) is 10.6. The van der Waals surface area contributed by atoms with Crippen LogP contribution in [0.4, 0.5) is 4.39 Å². The molecule has 2 rings (SSSR count). The van der Waals surface area contributed by atoms with Crippen molar-refractivity contribution in [2.45, 2.75) is 63.4 Å². The second-order valence-corrected chi connectivity index (χ2v) is 6.23. The SMILES string of the molecule is CC1CCC(C2CCC(Cl)CC2)C(F)C1.O.O. The van der Waals surface area contributed by atoms with E-state index in [-0.39, 0.29) is 11.0 Å². The Bertz CT molecular complexity index is 208. The molecule has 3 unspecified atom stereocenters. The summed E-state index contributed by atoms with van der Waals surface area (Å²) in [6.07, 6.45) is 7.12. The van der Waals surface area contributed by atoms with Gasteiger partial charge in [-0.2, -0.15) is 0 Å². The van der Waals surface area contributed by atoms with Crippen molar-refractivity contribution in [3.8, 4) is 0 Å². The second-order valence-electron chi connectivity index (χ2n) is 5.61. The molecule has 0 heterocycles. The zero-order valence-corrected chi connectivity index (χ0v) is 11.3. The van der Waals surface area contributed by atoms with Gasteiger partial charge < -0.3 is 11.0 Å². The van der Waals surface area contributed by atoms with Gasteiger partial charge >= 0.3 is 0 Å². The van der Waals surface area contributed by atoms with Gasteiger partial charge in [0.25, 0.3) is 0 Å². The summed E-state index contributed by atoms with van der Waals surface area (Å²) in [5.41, 5.74) is 0. The van der Waals surface area contributed by atoms with Crippen LogP contribution in [0.1, 0.15) is 51.9 Å². The van der Waals surface area contributed by atoms with Gasteiger partial charge in [-0.25, -0.2) is 4.39 Å². The molecular formula is C13H26ClFO2. The number of alkyl halides is 2. The largest absolute Gasteiger partial charge is 0.412 e. The molecule has 0 radical (unpaired) electrons. The minimum atomic E-state index is -0.536. The van der Waals surface area contributed by atoms with Gasteiger partial charge in [-0.15, -0.1) is 11.6 Å². The first-order valence-corrected chi connectivity index (χ1v) is 6.88. The van der Waals surface area contributed by atoms with Crippen molar-refractivity contribution in [2.24, 2.45) is 17.8 Å². The fourth-order valence-corrected chi connectivity index (χ4v) is 3.62. The summed E-state index contributed by atoms with van der Waals surface area (Å²) >= 11 is 6.09. The molecule has 0 aromatic rings. The van der Waals surface area contributed by atoms with Crippen LogP contribution in [0.5, 0.6) is 0 Å². The van der Waals surface area contributed by atoms with Crippen LogP contribution in [-0.4, -0.2) is 22.5 Å². The smallest absolute Gasteiger partial charge is 0.103 e. The molecule has 2 aliphatic carbocycles. The molecule has 4 N–H and O–H groups in total. The van der Waals surface area contributed by atoms with Gasteiger partial charge in [0, 0.05) is 5.38 Å². The van der Waals surface area contributed by atoms with Gasteiger partial charge in [-0.1, -0.05) is 13.3 Å². The molecule has 17 heavy (non-hydrogen) atoms. The van der Waals surface area contributed by atoms with Crippen LogP contribution >= 0.6 is 11.6 Å². The molecule has 2 saturated carbocycles. The van der Waals surface area contributed by atoms with Crippen LogP contribution in [-0.2, 0) is 0 Å². The molecule has 0 aromatic heterocycles. The lowest BCUT2D eigenvalue weighted by atomic mass is 9.70. The van der Waals surface area contributed by atoms with Gasteiger partial charge in [0.1, 0.15) is 6.17 Å². The van der Waals surface area contributed by atoms with E-state index in [2.05, 4.69) is 6.92 Å². The summed E-state index contributed by atoms with van der Waals surface area (Å²) in [5.74, 6) is 1.58. The molecule has 2 fully saturated rings. The van der Waals surface area contributed by atoms with E-state index in [9.17, 15) is 4.39 Å². The van der Waals surface area contributed by atoms with Crippen LogP contribution in [0.3, 0.4) is 0 Å². The van der Waals surface area contributed by atoms with E-state index in [1.165, 1.54) is 6.42 Å². The summed E-state index contributed by atoms with van der Waals surface area (Å²) in [5, 5.41) is 0.363. The topological polar surface area (TPSA) is 63.0 Å². The van der Waals surface area contributed by atoms with Crippen molar-refractivity contribution in [2.75, 3.05) is 0 Å². The standard InChI is InChI=1S/C13H22ClF.2H2O/c1-9-2-7-12(13(15)8-9)10-3-5-11(14)6-4-10;;/h9-13H,2-8H2,1H3;2*1H2. The van der Waals surface area contributed by atoms with Gasteiger partial charge in [0.05, 0.1) is 0 Å². The highest BCUT2D eigenvalue weighted by atomic mass is 35.5. The summed E-state index contributed by atoms with van der Waals surface area (Å²) in [6.45, 7) is 2.18. The molecular weight excluding hydrogens is 243 g/mol. The van der Waals surface area contributed by atoms with Gasteiger partial charge in [0.15, 0.2) is 0 Å². The van der Waals surface area contributed by atoms with E-state index in [4.69, 9.17) is 11.6 Å². The lowest BCUT2D eigenvalue weighted by Gasteiger charge is -2.38. The van der Waals surface area contributed by atoms with Crippen LogP contribution in [0.25, 0.3) is 0 Å². The maximum atomic E-state index is 13.9. The molecule has 4 heteroatoms. The highest BCUT2D eigenvalue weighted by Crippen LogP contribution is 2.42. The van der Waals surface area contributed by atoms with E-state index in [0.717, 1.165) is 38.5 Å². The van der Waals surface area contributed by atoms with Crippen molar-refractivity contribution in [1.82, 2.24) is 0 Å². The Hall–Kier alpha value is 0.140. The Labute approximate surface area is 109 Å². The van der Waals surface area contributed by atoms with Crippen LogP contribution in [0, 0.1) is 17.8 Å². The van der Waals surface area contributed by atoms with E-state index in [1.807, 2.05) is 0 Å². The average Bonchev–Trinajstić information content (AvgIpc) is 2.20. The van der Waals surface area contributed by atoms with Gasteiger partial charge in [0.2, 0.25) is 0 Å². The predicted molar refractivity (Wildman–Crippen MR) is 70.2 cm³/mol. The summed E-state index contributed by atoms with van der Waals surface area (Å²) in [7, 11) is 0. The van der Waals surface area contributed by atoms with Crippen molar-refractivity contribution in [1.29, 1.82) is 0 Å². The lowest BCUT2D eigenvalue weighted by molar-refractivity contribution is 0.0716. The summed E-state index contributed by atoms with van der Waals surface area (Å²) < 4.78 is 13.9. The molecule has 0 amide bonds. The highest BCUT2D eigenvalue weighted by molar-refractivity contribution is 6.20.